The van der Waals surface area contributed by atoms with Crippen molar-refractivity contribution in [3.05, 3.63) is 28.5 Å². The Bertz CT molecular complexity index is 494. The predicted molar refractivity (Wildman–Crippen MR) is 69.6 cm³/mol. The molecule has 0 bridgehead atoms. The fourth-order valence-corrected chi connectivity index (χ4v) is 2.30. The van der Waals surface area contributed by atoms with E-state index < -0.39 is 12.0 Å². The Morgan fingerprint density at radius 2 is 2.37 bits per heavy atom. The van der Waals surface area contributed by atoms with Gasteiger partial charge in [0.25, 0.3) is 5.91 Å². The number of rotatable bonds is 2. The molecule has 1 aromatic rings. The number of methoxy groups -OCH3 is 1. The summed E-state index contributed by atoms with van der Waals surface area (Å²) in [5, 5.41) is 0. The van der Waals surface area contributed by atoms with Crippen LogP contribution in [-0.2, 0) is 14.3 Å². The van der Waals surface area contributed by atoms with Gasteiger partial charge in [0.15, 0.2) is 6.04 Å². The number of esters is 1. The molecule has 2 heterocycles. The molecule has 7 heteroatoms. The van der Waals surface area contributed by atoms with Gasteiger partial charge in [0.1, 0.15) is 4.60 Å². The molecular weight excluding hydrogens is 316 g/mol. The van der Waals surface area contributed by atoms with Crippen LogP contribution in [0, 0.1) is 0 Å². The highest BCUT2D eigenvalue weighted by molar-refractivity contribution is 9.10. The molecule has 0 spiro atoms. The second-order valence-corrected chi connectivity index (χ2v) is 4.71. The lowest BCUT2D eigenvalue weighted by molar-refractivity contribution is -0.151. The smallest absolute Gasteiger partial charge is 0.331 e. The number of carbonyl (C=O) groups is 2. The van der Waals surface area contributed by atoms with Crippen LogP contribution >= 0.6 is 15.9 Å². The average molecular weight is 329 g/mol. The lowest BCUT2D eigenvalue weighted by Crippen LogP contribution is -2.53. The van der Waals surface area contributed by atoms with E-state index in [4.69, 9.17) is 9.47 Å². The van der Waals surface area contributed by atoms with Crippen molar-refractivity contribution in [2.45, 2.75) is 6.04 Å². The topological polar surface area (TPSA) is 68.7 Å². The Kier molecular flexibility index (Phi) is 4.49. The number of amides is 1. The maximum absolute atomic E-state index is 12.4. The summed E-state index contributed by atoms with van der Waals surface area (Å²) in [7, 11) is 1.29. The highest BCUT2D eigenvalue weighted by Crippen LogP contribution is 2.18. The van der Waals surface area contributed by atoms with Crippen LogP contribution in [0.4, 0.5) is 0 Å². The van der Waals surface area contributed by atoms with Crippen LogP contribution in [0.5, 0.6) is 0 Å². The summed E-state index contributed by atoms with van der Waals surface area (Å²) in [5.41, 5.74) is 0.415. The number of pyridine rings is 1. The summed E-state index contributed by atoms with van der Waals surface area (Å²) >= 11 is 3.23. The largest absolute Gasteiger partial charge is 0.467 e. The van der Waals surface area contributed by atoms with E-state index in [-0.39, 0.29) is 12.5 Å². The molecule has 1 amide bonds. The summed E-state index contributed by atoms with van der Waals surface area (Å²) < 4.78 is 10.4. The summed E-state index contributed by atoms with van der Waals surface area (Å²) in [6.45, 7) is 0.896. The van der Waals surface area contributed by atoms with Gasteiger partial charge in [-0.2, -0.15) is 0 Å². The van der Waals surface area contributed by atoms with E-state index in [1.807, 2.05) is 0 Å². The number of nitrogens with zero attached hydrogens (tertiary/aromatic N) is 2. The van der Waals surface area contributed by atoms with Crippen molar-refractivity contribution in [1.29, 1.82) is 0 Å². The van der Waals surface area contributed by atoms with Gasteiger partial charge < -0.3 is 14.4 Å². The third-order valence-corrected chi connectivity index (χ3v) is 3.48. The number of halogens is 1. The zero-order valence-electron chi connectivity index (χ0n) is 10.3. The molecule has 6 nitrogen and oxygen atoms in total. The SMILES string of the molecule is COC(=O)C1COCCN1C(=O)c1cccnc1Br. The molecule has 1 aliphatic heterocycles. The molecule has 1 aromatic heterocycles. The molecule has 0 N–H and O–H groups in total. The fourth-order valence-electron chi connectivity index (χ4n) is 1.88. The van der Waals surface area contributed by atoms with E-state index in [1.165, 1.54) is 12.0 Å². The Labute approximate surface area is 118 Å². The molecule has 1 aliphatic rings. The van der Waals surface area contributed by atoms with Crippen LogP contribution < -0.4 is 0 Å². The van der Waals surface area contributed by atoms with Gasteiger partial charge in [-0.25, -0.2) is 9.78 Å². The molecule has 0 radical (unpaired) electrons. The van der Waals surface area contributed by atoms with Crippen LogP contribution in [0.2, 0.25) is 0 Å². The number of aromatic nitrogens is 1. The minimum atomic E-state index is -0.710. The summed E-state index contributed by atoms with van der Waals surface area (Å²) in [6.07, 6.45) is 1.58. The lowest BCUT2D eigenvalue weighted by atomic mass is 10.1. The van der Waals surface area contributed by atoms with Crippen molar-refractivity contribution in [3.8, 4) is 0 Å². The molecule has 1 atom stereocenters. The van der Waals surface area contributed by atoms with E-state index in [9.17, 15) is 9.59 Å². The van der Waals surface area contributed by atoms with Crippen molar-refractivity contribution in [2.75, 3.05) is 26.9 Å². The van der Waals surface area contributed by atoms with E-state index in [0.717, 1.165) is 0 Å². The highest BCUT2D eigenvalue weighted by Gasteiger charge is 2.34. The Morgan fingerprint density at radius 1 is 1.58 bits per heavy atom. The summed E-state index contributed by atoms with van der Waals surface area (Å²) in [5.74, 6) is -0.744. The molecule has 19 heavy (non-hydrogen) atoms. The second kappa shape index (κ2) is 6.12. The molecule has 0 aliphatic carbocycles. The minimum Gasteiger partial charge on any atom is -0.467 e. The lowest BCUT2D eigenvalue weighted by Gasteiger charge is -2.33. The number of morpholine rings is 1. The van der Waals surface area contributed by atoms with Crippen molar-refractivity contribution in [2.24, 2.45) is 0 Å². The van der Waals surface area contributed by atoms with Crippen LogP contribution in [0.3, 0.4) is 0 Å². The first-order chi connectivity index (χ1) is 9.15. The van der Waals surface area contributed by atoms with Crippen LogP contribution in [0.25, 0.3) is 0 Å². The molecule has 1 saturated heterocycles. The first-order valence-electron chi connectivity index (χ1n) is 5.72. The molecule has 1 fully saturated rings. The third-order valence-electron chi connectivity index (χ3n) is 2.85. The van der Waals surface area contributed by atoms with Gasteiger partial charge in [-0.1, -0.05) is 0 Å². The van der Waals surface area contributed by atoms with E-state index in [2.05, 4.69) is 20.9 Å². The quantitative estimate of drug-likeness (QED) is 0.595. The van der Waals surface area contributed by atoms with Crippen molar-refractivity contribution in [1.82, 2.24) is 9.88 Å². The normalized spacial score (nSPS) is 19.1. The fraction of sp³-hybridized carbons (Fsp3) is 0.417. The summed E-state index contributed by atoms with van der Waals surface area (Å²) in [4.78, 5) is 29.6. The van der Waals surface area contributed by atoms with E-state index in [0.29, 0.717) is 23.3 Å². The predicted octanol–water partition coefficient (Wildman–Crippen LogP) is 0.858. The molecule has 102 valence electrons. The molecule has 1 unspecified atom stereocenters. The number of ether oxygens (including phenoxy) is 2. The highest BCUT2D eigenvalue weighted by atomic mass is 79.9. The van der Waals surface area contributed by atoms with Gasteiger partial charge in [-0.05, 0) is 28.1 Å². The minimum absolute atomic E-state index is 0.149. The van der Waals surface area contributed by atoms with E-state index in [1.54, 1.807) is 18.3 Å². The monoisotopic (exact) mass is 328 g/mol. The van der Waals surface area contributed by atoms with Crippen molar-refractivity contribution >= 4 is 27.8 Å². The first-order valence-corrected chi connectivity index (χ1v) is 6.51. The standard InChI is InChI=1S/C12H13BrN2O4/c1-18-12(17)9-7-19-6-5-15(9)11(16)8-3-2-4-14-10(8)13/h2-4,9H,5-7H2,1H3. The van der Waals surface area contributed by atoms with E-state index >= 15 is 0 Å². The van der Waals surface area contributed by atoms with Crippen LogP contribution in [0.1, 0.15) is 10.4 Å². The average Bonchev–Trinajstić information content (AvgIpc) is 2.46. The number of hydrogen-bond donors (Lipinski definition) is 0. The maximum atomic E-state index is 12.4. The van der Waals surface area contributed by atoms with Gasteiger partial charge in [0, 0.05) is 12.7 Å². The molecular formula is C12H13BrN2O4. The Balaban J connectivity index is 2.25. The van der Waals surface area contributed by atoms with Gasteiger partial charge >= 0.3 is 5.97 Å². The van der Waals surface area contributed by atoms with Gasteiger partial charge in [0.2, 0.25) is 0 Å². The molecule has 2 rings (SSSR count). The first kappa shape index (κ1) is 14.0. The molecule has 0 saturated carbocycles. The third kappa shape index (κ3) is 2.93. The van der Waals surface area contributed by atoms with Gasteiger partial charge in [0.05, 0.1) is 25.9 Å². The van der Waals surface area contributed by atoms with Crippen LogP contribution in [-0.4, -0.2) is 54.7 Å². The second-order valence-electron chi connectivity index (χ2n) is 3.95. The van der Waals surface area contributed by atoms with Crippen molar-refractivity contribution in [3.63, 3.8) is 0 Å². The Hall–Kier alpha value is -1.47. The van der Waals surface area contributed by atoms with Gasteiger partial charge in [-0.3, -0.25) is 4.79 Å². The summed E-state index contributed by atoms with van der Waals surface area (Å²) in [6, 6.07) is 2.62. The maximum Gasteiger partial charge on any atom is 0.331 e. The zero-order chi connectivity index (χ0) is 13.8. The molecule has 0 aromatic carbocycles. The zero-order valence-corrected chi connectivity index (χ0v) is 11.9. The Morgan fingerprint density at radius 3 is 3.05 bits per heavy atom. The van der Waals surface area contributed by atoms with Crippen LogP contribution in [0.15, 0.2) is 22.9 Å². The van der Waals surface area contributed by atoms with Gasteiger partial charge in [-0.15, -0.1) is 0 Å². The van der Waals surface area contributed by atoms with Crippen molar-refractivity contribution < 1.29 is 19.1 Å². The number of hydrogen-bond acceptors (Lipinski definition) is 5. The number of carbonyl (C=O) groups excluding carboxylic acids is 2.